The Bertz CT molecular complexity index is 457. The molecule has 1 atom stereocenters. The Hall–Kier alpha value is -2.04. The molecule has 0 spiro atoms. The summed E-state index contributed by atoms with van der Waals surface area (Å²) in [7, 11) is 1.66. The molecule has 0 bridgehead atoms. The van der Waals surface area contributed by atoms with Crippen LogP contribution in [0.15, 0.2) is 30.3 Å². The summed E-state index contributed by atoms with van der Waals surface area (Å²) >= 11 is 0. The van der Waals surface area contributed by atoms with E-state index in [4.69, 9.17) is 5.11 Å². The van der Waals surface area contributed by atoms with Gasteiger partial charge in [-0.3, -0.25) is 0 Å². The summed E-state index contributed by atoms with van der Waals surface area (Å²) in [5.41, 5.74) is 1.01. The first-order valence-corrected chi connectivity index (χ1v) is 6.36. The van der Waals surface area contributed by atoms with Crippen LogP contribution < -0.4 is 5.32 Å². The Balaban J connectivity index is 1.90. The predicted molar refractivity (Wildman–Crippen MR) is 70.6 cm³/mol. The molecule has 0 radical (unpaired) electrons. The molecule has 5 heteroatoms. The molecule has 0 saturated heterocycles. The minimum absolute atomic E-state index is 0.0894. The summed E-state index contributed by atoms with van der Waals surface area (Å²) in [6.45, 7) is 0.462. The smallest absolute Gasteiger partial charge is 0.326 e. The van der Waals surface area contributed by atoms with Gasteiger partial charge in [0.1, 0.15) is 6.04 Å². The van der Waals surface area contributed by atoms with E-state index in [0.29, 0.717) is 6.54 Å². The third-order valence-electron chi connectivity index (χ3n) is 3.25. The Labute approximate surface area is 112 Å². The number of urea groups is 1. The van der Waals surface area contributed by atoms with Gasteiger partial charge in [-0.25, -0.2) is 9.59 Å². The zero-order chi connectivity index (χ0) is 13.8. The van der Waals surface area contributed by atoms with Crippen molar-refractivity contribution in [2.75, 3.05) is 7.05 Å². The fourth-order valence-electron chi connectivity index (χ4n) is 1.98. The van der Waals surface area contributed by atoms with E-state index in [2.05, 4.69) is 5.32 Å². The monoisotopic (exact) mass is 262 g/mol. The number of hydrogen-bond acceptors (Lipinski definition) is 2. The van der Waals surface area contributed by atoms with Crippen LogP contribution in [0.3, 0.4) is 0 Å². The Morgan fingerprint density at radius 1 is 1.37 bits per heavy atom. The van der Waals surface area contributed by atoms with E-state index in [1.165, 1.54) is 4.90 Å². The van der Waals surface area contributed by atoms with Crippen molar-refractivity contribution < 1.29 is 14.7 Å². The number of rotatable bonds is 5. The molecule has 0 aromatic heterocycles. The van der Waals surface area contributed by atoms with E-state index < -0.39 is 12.0 Å². The van der Waals surface area contributed by atoms with E-state index in [9.17, 15) is 9.59 Å². The SMILES string of the molecule is CN(Cc1ccccc1)C(=O)NC(C(=O)O)C1CC1. The predicted octanol–water partition coefficient (Wildman–Crippen LogP) is 1.69. The van der Waals surface area contributed by atoms with Gasteiger partial charge in [0.25, 0.3) is 0 Å². The second kappa shape index (κ2) is 5.73. The lowest BCUT2D eigenvalue weighted by molar-refractivity contribution is -0.139. The third kappa shape index (κ3) is 3.71. The molecule has 19 heavy (non-hydrogen) atoms. The summed E-state index contributed by atoms with van der Waals surface area (Å²) in [5.74, 6) is -0.865. The lowest BCUT2D eigenvalue weighted by Crippen LogP contribution is -2.47. The Morgan fingerprint density at radius 3 is 2.53 bits per heavy atom. The quantitative estimate of drug-likeness (QED) is 0.848. The van der Waals surface area contributed by atoms with Crippen LogP contribution >= 0.6 is 0 Å². The zero-order valence-corrected chi connectivity index (χ0v) is 10.9. The van der Waals surface area contributed by atoms with Gasteiger partial charge in [0.15, 0.2) is 0 Å². The Kier molecular flexibility index (Phi) is 4.04. The fraction of sp³-hybridized carbons (Fsp3) is 0.429. The van der Waals surface area contributed by atoms with Crippen molar-refractivity contribution in [2.45, 2.75) is 25.4 Å². The van der Waals surface area contributed by atoms with Crippen molar-refractivity contribution in [3.05, 3.63) is 35.9 Å². The summed E-state index contributed by atoms with van der Waals surface area (Å²) in [6.07, 6.45) is 1.75. The summed E-state index contributed by atoms with van der Waals surface area (Å²) < 4.78 is 0. The van der Waals surface area contributed by atoms with Gasteiger partial charge in [-0.1, -0.05) is 30.3 Å². The number of amides is 2. The lowest BCUT2D eigenvalue weighted by atomic mass is 10.2. The number of benzene rings is 1. The standard InChI is InChI=1S/C14H18N2O3/c1-16(9-10-5-3-2-4-6-10)14(19)15-12(13(17)18)11-7-8-11/h2-6,11-12H,7-9H2,1H3,(H,15,19)(H,17,18). The molecule has 2 amide bonds. The first-order valence-electron chi connectivity index (χ1n) is 6.36. The molecule has 1 aliphatic rings. The van der Waals surface area contributed by atoms with Crippen LogP contribution in [0.5, 0.6) is 0 Å². The van der Waals surface area contributed by atoms with Gasteiger partial charge in [0, 0.05) is 13.6 Å². The largest absolute Gasteiger partial charge is 0.480 e. The van der Waals surface area contributed by atoms with Crippen LogP contribution in [0.2, 0.25) is 0 Å². The van der Waals surface area contributed by atoms with Gasteiger partial charge in [0.05, 0.1) is 0 Å². The molecular weight excluding hydrogens is 244 g/mol. The van der Waals surface area contributed by atoms with Crippen molar-refractivity contribution >= 4 is 12.0 Å². The fourth-order valence-corrected chi connectivity index (χ4v) is 1.98. The first kappa shape index (κ1) is 13.4. The molecule has 1 aromatic rings. The molecule has 1 unspecified atom stereocenters. The van der Waals surface area contributed by atoms with Gasteiger partial charge < -0.3 is 15.3 Å². The average molecular weight is 262 g/mol. The number of carbonyl (C=O) groups excluding carboxylic acids is 1. The maximum Gasteiger partial charge on any atom is 0.326 e. The highest BCUT2D eigenvalue weighted by molar-refractivity contribution is 5.83. The van der Waals surface area contributed by atoms with Gasteiger partial charge >= 0.3 is 12.0 Å². The minimum atomic E-state index is -0.955. The van der Waals surface area contributed by atoms with Gasteiger partial charge in [-0.05, 0) is 24.3 Å². The van der Waals surface area contributed by atoms with Crippen LogP contribution in [0.4, 0.5) is 4.79 Å². The number of carbonyl (C=O) groups is 2. The number of aliphatic carboxylic acids is 1. The minimum Gasteiger partial charge on any atom is -0.480 e. The molecule has 1 fully saturated rings. The maximum atomic E-state index is 11.9. The molecule has 0 heterocycles. The van der Waals surface area contributed by atoms with E-state index in [1.54, 1.807) is 7.05 Å². The van der Waals surface area contributed by atoms with E-state index >= 15 is 0 Å². The molecule has 1 aliphatic carbocycles. The highest BCUT2D eigenvalue weighted by Gasteiger charge is 2.37. The highest BCUT2D eigenvalue weighted by Crippen LogP contribution is 2.32. The molecule has 5 nitrogen and oxygen atoms in total. The molecule has 1 saturated carbocycles. The molecule has 102 valence electrons. The van der Waals surface area contributed by atoms with Crippen molar-refractivity contribution in [1.82, 2.24) is 10.2 Å². The van der Waals surface area contributed by atoms with Crippen LogP contribution in [0.1, 0.15) is 18.4 Å². The van der Waals surface area contributed by atoms with Crippen LogP contribution in [0, 0.1) is 5.92 Å². The average Bonchev–Trinajstić information content (AvgIpc) is 3.20. The molecular formula is C14H18N2O3. The highest BCUT2D eigenvalue weighted by atomic mass is 16.4. The number of nitrogens with zero attached hydrogens (tertiary/aromatic N) is 1. The van der Waals surface area contributed by atoms with E-state index in [0.717, 1.165) is 18.4 Å². The third-order valence-corrected chi connectivity index (χ3v) is 3.25. The summed E-state index contributed by atoms with van der Waals surface area (Å²) in [4.78, 5) is 24.5. The number of carboxylic acids is 1. The summed E-state index contributed by atoms with van der Waals surface area (Å²) in [6, 6.07) is 8.49. The number of carboxylic acid groups (broad SMARTS) is 1. The van der Waals surface area contributed by atoms with Crippen LogP contribution in [0.25, 0.3) is 0 Å². The van der Waals surface area contributed by atoms with Gasteiger partial charge in [-0.15, -0.1) is 0 Å². The number of hydrogen-bond donors (Lipinski definition) is 2. The van der Waals surface area contributed by atoms with Crippen LogP contribution in [-0.2, 0) is 11.3 Å². The molecule has 0 aliphatic heterocycles. The topological polar surface area (TPSA) is 69.6 Å². The second-order valence-corrected chi connectivity index (χ2v) is 4.94. The van der Waals surface area contributed by atoms with E-state index in [-0.39, 0.29) is 11.9 Å². The summed E-state index contributed by atoms with van der Waals surface area (Å²) in [5, 5.41) is 11.7. The first-order chi connectivity index (χ1) is 9.08. The second-order valence-electron chi connectivity index (χ2n) is 4.94. The zero-order valence-electron chi connectivity index (χ0n) is 10.9. The van der Waals surface area contributed by atoms with Gasteiger partial charge in [-0.2, -0.15) is 0 Å². The maximum absolute atomic E-state index is 11.9. The molecule has 2 rings (SSSR count). The van der Waals surface area contributed by atoms with E-state index in [1.807, 2.05) is 30.3 Å². The lowest BCUT2D eigenvalue weighted by Gasteiger charge is -2.21. The molecule has 2 N–H and O–H groups in total. The normalized spacial score (nSPS) is 15.6. The van der Waals surface area contributed by atoms with Gasteiger partial charge in [0.2, 0.25) is 0 Å². The molecule has 1 aromatic carbocycles. The van der Waals surface area contributed by atoms with Crippen molar-refractivity contribution in [3.8, 4) is 0 Å². The Morgan fingerprint density at radius 2 is 2.00 bits per heavy atom. The number of nitrogens with one attached hydrogen (secondary N) is 1. The van der Waals surface area contributed by atoms with Crippen molar-refractivity contribution in [1.29, 1.82) is 0 Å². The van der Waals surface area contributed by atoms with Crippen molar-refractivity contribution in [2.24, 2.45) is 5.92 Å². The van der Waals surface area contributed by atoms with Crippen molar-refractivity contribution in [3.63, 3.8) is 0 Å². The van der Waals surface area contributed by atoms with Crippen LogP contribution in [-0.4, -0.2) is 35.1 Å².